The van der Waals surface area contributed by atoms with Crippen LogP contribution >= 0.6 is 0 Å². The van der Waals surface area contributed by atoms with E-state index in [9.17, 15) is 14.4 Å². The Morgan fingerprint density at radius 2 is 2.29 bits per heavy atom. The van der Waals surface area contributed by atoms with Gasteiger partial charge in [-0.1, -0.05) is 0 Å². The quantitative estimate of drug-likeness (QED) is 0.373. The highest BCUT2D eigenvalue weighted by Crippen LogP contribution is 2.20. The van der Waals surface area contributed by atoms with Gasteiger partial charge in [0.1, 0.15) is 5.92 Å². The maximum absolute atomic E-state index is 11.6. The highest BCUT2D eigenvalue weighted by atomic mass is 16.5. The van der Waals surface area contributed by atoms with E-state index in [0.29, 0.717) is 13.2 Å². The second kappa shape index (κ2) is 4.83. The van der Waals surface area contributed by atoms with E-state index in [-0.39, 0.29) is 12.6 Å². The third-order valence-electron chi connectivity index (χ3n) is 3.15. The fourth-order valence-corrected chi connectivity index (χ4v) is 2.21. The summed E-state index contributed by atoms with van der Waals surface area (Å²) in [6.45, 7) is 1.20. The Kier molecular flexibility index (Phi) is 3.42. The Balaban J connectivity index is 1.98. The standard InChI is InChI=1S/C11H15NO5/c1-16-11(15)8-6-12(10(14)9(8)13)5-7-3-2-4-17-7/h7-8H,2-6H2,1H3/t7-,8+/m1/s1. The van der Waals surface area contributed by atoms with E-state index in [1.165, 1.54) is 12.0 Å². The maximum Gasteiger partial charge on any atom is 0.318 e. The van der Waals surface area contributed by atoms with Crippen molar-refractivity contribution in [1.29, 1.82) is 0 Å². The van der Waals surface area contributed by atoms with E-state index in [4.69, 9.17) is 4.74 Å². The molecule has 2 aliphatic rings. The molecule has 0 aromatic heterocycles. The number of nitrogens with zero attached hydrogens (tertiary/aromatic N) is 1. The number of rotatable bonds is 3. The Labute approximate surface area is 98.8 Å². The van der Waals surface area contributed by atoms with Gasteiger partial charge < -0.3 is 14.4 Å². The van der Waals surface area contributed by atoms with Gasteiger partial charge in [0, 0.05) is 19.7 Å². The average Bonchev–Trinajstić information content (AvgIpc) is 2.92. The lowest BCUT2D eigenvalue weighted by Crippen LogP contribution is -2.34. The van der Waals surface area contributed by atoms with Crippen molar-refractivity contribution in [2.24, 2.45) is 5.92 Å². The van der Waals surface area contributed by atoms with Crippen molar-refractivity contribution in [3.63, 3.8) is 0 Å². The van der Waals surface area contributed by atoms with Crippen molar-refractivity contribution in [2.75, 3.05) is 26.8 Å². The van der Waals surface area contributed by atoms with E-state index in [0.717, 1.165) is 12.8 Å². The SMILES string of the molecule is COC(=O)[C@H]1CN(C[C@H]2CCCO2)C(=O)C1=O. The topological polar surface area (TPSA) is 72.9 Å². The molecule has 0 radical (unpaired) electrons. The summed E-state index contributed by atoms with van der Waals surface area (Å²) in [7, 11) is 1.21. The molecule has 2 rings (SSSR count). The van der Waals surface area contributed by atoms with E-state index in [2.05, 4.69) is 4.74 Å². The summed E-state index contributed by atoms with van der Waals surface area (Å²) >= 11 is 0. The van der Waals surface area contributed by atoms with Crippen LogP contribution < -0.4 is 0 Å². The van der Waals surface area contributed by atoms with Crippen LogP contribution in [-0.2, 0) is 23.9 Å². The van der Waals surface area contributed by atoms with Crippen molar-refractivity contribution in [1.82, 2.24) is 4.90 Å². The molecule has 1 amide bonds. The van der Waals surface area contributed by atoms with E-state index < -0.39 is 23.6 Å². The van der Waals surface area contributed by atoms with Crippen LogP contribution in [0.1, 0.15) is 12.8 Å². The van der Waals surface area contributed by atoms with Gasteiger partial charge in [-0.2, -0.15) is 0 Å². The molecule has 2 aliphatic heterocycles. The van der Waals surface area contributed by atoms with Crippen LogP contribution in [0.25, 0.3) is 0 Å². The van der Waals surface area contributed by atoms with Crippen molar-refractivity contribution in [3.8, 4) is 0 Å². The molecule has 94 valence electrons. The molecule has 2 saturated heterocycles. The van der Waals surface area contributed by atoms with Gasteiger partial charge in [0.15, 0.2) is 0 Å². The van der Waals surface area contributed by atoms with Crippen LogP contribution in [0.2, 0.25) is 0 Å². The number of esters is 1. The summed E-state index contributed by atoms with van der Waals surface area (Å²) in [5.74, 6) is -2.88. The molecule has 0 aliphatic carbocycles. The number of ketones is 1. The lowest BCUT2D eigenvalue weighted by Gasteiger charge is -2.19. The fraction of sp³-hybridized carbons (Fsp3) is 0.727. The van der Waals surface area contributed by atoms with Crippen LogP contribution in [0, 0.1) is 5.92 Å². The highest BCUT2D eigenvalue weighted by Gasteiger charge is 2.44. The van der Waals surface area contributed by atoms with Crippen LogP contribution in [-0.4, -0.2) is 55.5 Å². The first-order valence-electron chi connectivity index (χ1n) is 5.66. The number of carbonyl (C=O) groups excluding carboxylic acids is 3. The van der Waals surface area contributed by atoms with Gasteiger partial charge in [-0.15, -0.1) is 0 Å². The van der Waals surface area contributed by atoms with Gasteiger partial charge in [0.05, 0.1) is 13.2 Å². The van der Waals surface area contributed by atoms with Gasteiger partial charge in [-0.3, -0.25) is 14.4 Å². The Bertz CT molecular complexity index is 348. The zero-order chi connectivity index (χ0) is 12.4. The summed E-state index contributed by atoms with van der Waals surface area (Å²) in [5, 5.41) is 0. The number of hydrogen-bond acceptors (Lipinski definition) is 5. The second-order valence-electron chi connectivity index (χ2n) is 4.29. The third kappa shape index (κ3) is 2.31. The number of carbonyl (C=O) groups is 3. The van der Waals surface area contributed by atoms with E-state index in [1.54, 1.807) is 0 Å². The predicted octanol–water partition coefficient (Wildman–Crippen LogP) is -0.634. The summed E-state index contributed by atoms with van der Waals surface area (Å²) in [4.78, 5) is 35.9. The number of amides is 1. The Morgan fingerprint density at radius 3 is 2.88 bits per heavy atom. The van der Waals surface area contributed by atoms with Crippen molar-refractivity contribution < 1.29 is 23.9 Å². The first-order valence-corrected chi connectivity index (χ1v) is 5.66. The number of hydrogen-bond donors (Lipinski definition) is 0. The molecule has 0 aromatic rings. The minimum atomic E-state index is -0.964. The molecule has 0 spiro atoms. The van der Waals surface area contributed by atoms with Crippen LogP contribution in [0.3, 0.4) is 0 Å². The molecular formula is C11H15NO5. The van der Waals surface area contributed by atoms with Gasteiger partial charge in [-0.25, -0.2) is 0 Å². The molecule has 0 N–H and O–H groups in total. The lowest BCUT2D eigenvalue weighted by molar-refractivity contribution is -0.150. The number of methoxy groups -OCH3 is 1. The average molecular weight is 241 g/mol. The summed E-state index contributed by atoms with van der Waals surface area (Å²) < 4.78 is 9.90. The van der Waals surface area contributed by atoms with Crippen LogP contribution in [0.15, 0.2) is 0 Å². The largest absolute Gasteiger partial charge is 0.468 e. The third-order valence-corrected chi connectivity index (χ3v) is 3.15. The van der Waals surface area contributed by atoms with Crippen molar-refractivity contribution in [2.45, 2.75) is 18.9 Å². The normalized spacial score (nSPS) is 28.9. The summed E-state index contributed by atoms with van der Waals surface area (Å²) in [6.07, 6.45) is 1.85. The lowest BCUT2D eigenvalue weighted by atomic mass is 10.1. The Hall–Kier alpha value is -1.43. The molecule has 0 saturated carbocycles. The van der Waals surface area contributed by atoms with E-state index >= 15 is 0 Å². The monoisotopic (exact) mass is 241 g/mol. The molecule has 2 atom stereocenters. The minimum absolute atomic E-state index is 0.0110. The van der Waals surface area contributed by atoms with Crippen molar-refractivity contribution >= 4 is 17.7 Å². The van der Waals surface area contributed by atoms with Gasteiger partial charge in [-0.05, 0) is 12.8 Å². The van der Waals surface area contributed by atoms with Gasteiger partial charge in [0.2, 0.25) is 5.78 Å². The first-order chi connectivity index (χ1) is 8.13. The van der Waals surface area contributed by atoms with Gasteiger partial charge >= 0.3 is 5.97 Å². The summed E-state index contributed by atoms with van der Waals surface area (Å²) in [6, 6.07) is 0. The van der Waals surface area contributed by atoms with Crippen LogP contribution in [0.4, 0.5) is 0 Å². The first kappa shape index (κ1) is 12.0. The zero-order valence-electron chi connectivity index (χ0n) is 9.68. The molecule has 6 heteroatoms. The molecule has 2 heterocycles. The van der Waals surface area contributed by atoms with Gasteiger partial charge in [0.25, 0.3) is 5.91 Å². The smallest absolute Gasteiger partial charge is 0.318 e. The van der Waals surface area contributed by atoms with Crippen molar-refractivity contribution in [3.05, 3.63) is 0 Å². The molecule has 17 heavy (non-hydrogen) atoms. The molecule has 0 unspecified atom stereocenters. The fourth-order valence-electron chi connectivity index (χ4n) is 2.21. The number of ether oxygens (including phenoxy) is 2. The Morgan fingerprint density at radius 1 is 1.53 bits per heavy atom. The predicted molar refractivity (Wildman–Crippen MR) is 56.1 cm³/mol. The second-order valence-corrected chi connectivity index (χ2v) is 4.29. The maximum atomic E-state index is 11.6. The summed E-state index contributed by atoms with van der Waals surface area (Å²) in [5.41, 5.74) is 0. The van der Waals surface area contributed by atoms with E-state index in [1.807, 2.05) is 0 Å². The molecule has 2 fully saturated rings. The highest BCUT2D eigenvalue weighted by molar-refractivity contribution is 6.42. The number of Topliss-reactive ketones (excluding diaryl/α,β-unsaturated/α-hetero) is 1. The zero-order valence-corrected chi connectivity index (χ0v) is 9.68. The molecule has 0 aromatic carbocycles. The van der Waals surface area contributed by atoms with Crippen LogP contribution in [0.5, 0.6) is 0 Å². The molecule has 6 nitrogen and oxygen atoms in total. The molecular weight excluding hydrogens is 226 g/mol. The molecule has 0 bridgehead atoms. The minimum Gasteiger partial charge on any atom is -0.468 e. The number of likely N-dealkylation sites (tertiary alicyclic amines) is 1.